The van der Waals surface area contributed by atoms with Gasteiger partial charge in [-0.1, -0.05) is 0 Å². The first-order chi connectivity index (χ1) is 7.05. The first kappa shape index (κ1) is 12.2. The number of nitrogens with zero attached hydrogens (tertiary/aromatic N) is 1. The Bertz CT molecular complexity index is 218. The quantitative estimate of drug-likeness (QED) is 0.742. The van der Waals surface area contributed by atoms with Crippen molar-refractivity contribution in [2.45, 2.75) is 25.2 Å². The Balaban J connectivity index is 2.28. The van der Waals surface area contributed by atoms with Crippen LogP contribution >= 0.6 is 0 Å². The first-order valence-electron chi connectivity index (χ1n) is 5.07. The molecule has 1 saturated heterocycles. The van der Waals surface area contributed by atoms with E-state index in [0.717, 1.165) is 19.3 Å². The Morgan fingerprint density at radius 1 is 1.33 bits per heavy atom. The third-order valence-corrected chi connectivity index (χ3v) is 2.37. The monoisotopic (exact) mass is 222 g/mol. The Morgan fingerprint density at radius 2 is 1.93 bits per heavy atom. The molecule has 15 heavy (non-hydrogen) atoms. The molecule has 1 fully saturated rings. The summed E-state index contributed by atoms with van der Waals surface area (Å²) in [5.41, 5.74) is 0. The van der Waals surface area contributed by atoms with Gasteiger partial charge in [0.05, 0.1) is 6.54 Å². The van der Waals surface area contributed by atoms with Gasteiger partial charge >= 0.3 is 6.03 Å². The summed E-state index contributed by atoms with van der Waals surface area (Å²) >= 11 is 0. The maximum atomic E-state index is 12.6. The highest BCUT2D eigenvalue weighted by Gasteiger charge is 2.29. The van der Waals surface area contributed by atoms with E-state index in [0.29, 0.717) is 13.1 Å². The molecule has 1 aliphatic rings. The molecule has 0 radical (unpaired) electrons. The van der Waals surface area contributed by atoms with E-state index in [4.69, 9.17) is 5.11 Å². The molecule has 0 aromatic carbocycles. The van der Waals surface area contributed by atoms with Crippen LogP contribution in [0.15, 0.2) is 0 Å². The van der Waals surface area contributed by atoms with E-state index in [9.17, 15) is 13.6 Å². The van der Waals surface area contributed by atoms with Gasteiger partial charge in [-0.2, -0.15) is 0 Å². The maximum Gasteiger partial charge on any atom is 0.317 e. The van der Waals surface area contributed by atoms with Gasteiger partial charge in [0.25, 0.3) is 5.92 Å². The Hall–Kier alpha value is -0.910. The smallest absolute Gasteiger partial charge is 0.317 e. The van der Waals surface area contributed by atoms with Crippen molar-refractivity contribution in [1.82, 2.24) is 10.2 Å². The van der Waals surface area contributed by atoms with Gasteiger partial charge < -0.3 is 15.3 Å². The lowest BCUT2D eigenvalue weighted by molar-refractivity contribution is -0.0461. The number of hydrogen-bond donors (Lipinski definition) is 2. The van der Waals surface area contributed by atoms with Gasteiger partial charge in [-0.25, -0.2) is 13.6 Å². The van der Waals surface area contributed by atoms with Gasteiger partial charge in [-0.3, -0.25) is 0 Å². The Kier molecular flexibility index (Phi) is 4.26. The highest BCUT2D eigenvalue weighted by Crippen LogP contribution is 2.11. The number of halogens is 2. The maximum absolute atomic E-state index is 12.6. The highest BCUT2D eigenvalue weighted by molar-refractivity contribution is 5.74. The minimum atomic E-state index is -3.23. The molecule has 0 aromatic rings. The number of hydrogen-bond acceptors (Lipinski definition) is 2. The molecular formula is C9H16F2N2O2. The van der Waals surface area contributed by atoms with Crippen LogP contribution in [-0.2, 0) is 0 Å². The molecule has 0 saturated carbocycles. The molecule has 0 atom stereocenters. The second kappa shape index (κ2) is 5.25. The van der Waals surface area contributed by atoms with Crippen molar-refractivity contribution in [3.8, 4) is 0 Å². The van der Waals surface area contributed by atoms with Crippen LogP contribution in [-0.4, -0.2) is 48.2 Å². The second-order valence-corrected chi connectivity index (χ2v) is 3.72. The van der Waals surface area contributed by atoms with Crippen LogP contribution in [0.4, 0.5) is 13.6 Å². The van der Waals surface area contributed by atoms with Crippen LogP contribution in [0.2, 0.25) is 0 Å². The molecule has 2 N–H and O–H groups in total. The van der Waals surface area contributed by atoms with Crippen molar-refractivity contribution in [2.24, 2.45) is 0 Å². The summed E-state index contributed by atoms with van der Waals surface area (Å²) in [5.74, 6) is -3.23. The molecule has 0 spiro atoms. The van der Waals surface area contributed by atoms with Crippen molar-refractivity contribution >= 4 is 6.03 Å². The van der Waals surface area contributed by atoms with Gasteiger partial charge in [-0.05, 0) is 19.3 Å². The number of aliphatic hydroxyl groups is 1. The largest absolute Gasteiger partial charge is 0.390 e. The third-order valence-electron chi connectivity index (χ3n) is 2.37. The van der Waals surface area contributed by atoms with Gasteiger partial charge in [0, 0.05) is 13.1 Å². The number of rotatable bonds is 3. The number of likely N-dealkylation sites (tertiary alicyclic amines) is 1. The molecule has 6 heteroatoms. The number of carbonyl (C=O) groups is 1. The SMILES string of the molecule is O=C(NCC(F)(F)CO)N1CCCCC1. The Morgan fingerprint density at radius 3 is 2.47 bits per heavy atom. The number of nitrogens with one attached hydrogen (secondary N) is 1. The predicted molar refractivity (Wildman–Crippen MR) is 50.9 cm³/mol. The normalized spacial score (nSPS) is 17.7. The number of piperidine rings is 1. The fourth-order valence-corrected chi connectivity index (χ4v) is 1.47. The van der Waals surface area contributed by atoms with Crippen molar-refractivity contribution in [2.75, 3.05) is 26.2 Å². The molecule has 0 bridgehead atoms. The summed E-state index contributed by atoms with van der Waals surface area (Å²) in [4.78, 5) is 12.9. The van der Waals surface area contributed by atoms with Crippen molar-refractivity contribution < 1.29 is 18.7 Å². The lowest BCUT2D eigenvalue weighted by atomic mass is 10.1. The van der Waals surface area contributed by atoms with E-state index in [1.165, 1.54) is 4.90 Å². The average Bonchev–Trinajstić information content (AvgIpc) is 2.27. The number of amides is 2. The van der Waals surface area contributed by atoms with E-state index in [1.54, 1.807) is 0 Å². The van der Waals surface area contributed by atoms with Gasteiger partial charge in [0.15, 0.2) is 0 Å². The van der Waals surface area contributed by atoms with Gasteiger partial charge in [-0.15, -0.1) is 0 Å². The van der Waals surface area contributed by atoms with Crippen molar-refractivity contribution in [3.05, 3.63) is 0 Å². The molecule has 2 amide bonds. The van der Waals surface area contributed by atoms with Crippen LogP contribution in [0, 0.1) is 0 Å². The fraction of sp³-hybridized carbons (Fsp3) is 0.889. The number of urea groups is 1. The van der Waals surface area contributed by atoms with E-state index < -0.39 is 25.1 Å². The van der Waals surface area contributed by atoms with Gasteiger partial charge in [0.2, 0.25) is 0 Å². The van der Waals surface area contributed by atoms with Crippen molar-refractivity contribution in [3.63, 3.8) is 0 Å². The van der Waals surface area contributed by atoms with Crippen LogP contribution in [0.5, 0.6) is 0 Å². The molecule has 0 aromatic heterocycles. The zero-order valence-corrected chi connectivity index (χ0v) is 8.51. The van der Waals surface area contributed by atoms with E-state index in [1.807, 2.05) is 0 Å². The topological polar surface area (TPSA) is 52.6 Å². The van der Waals surface area contributed by atoms with E-state index in [2.05, 4.69) is 5.32 Å². The van der Waals surface area contributed by atoms with Crippen LogP contribution in [0.25, 0.3) is 0 Å². The minimum Gasteiger partial charge on any atom is -0.390 e. The fourth-order valence-electron chi connectivity index (χ4n) is 1.47. The average molecular weight is 222 g/mol. The lowest BCUT2D eigenvalue weighted by Crippen LogP contribution is -2.47. The Labute approximate surface area is 87.2 Å². The molecular weight excluding hydrogens is 206 g/mol. The van der Waals surface area contributed by atoms with E-state index >= 15 is 0 Å². The molecule has 4 nitrogen and oxygen atoms in total. The molecule has 1 aliphatic heterocycles. The lowest BCUT2D eigenvalue weighted by Gasteiger charge is -2.27. The summed E-state index contributed by atoms with van der Waals surface area (Å²) in [6.07, 6.45) is 2.92. The minimum absolute atomic E-state index is 0.470. The molecule has 0 aliphatic carbocycles. The summed E-state index contributed by atoms with van der Waals surface area (Å²) < 4.78 is 25.2. The van der Waals surface area contributed by atoms with Crippen LogP contribution in [0.1, 0.15) is 19.3 Å². The predicted octanol–water partition coefficient (Wildman–Crippen LogP) is 0.810. The van der Waals surface area contributed by atoms with Crippen molar-refractivity contribution in [1.29, 1.82) is 0 Å². The summed E-state index contributed by atoms with van der Waals surface area (Å²) in [5, 5.41) is 10.4. The van der Waals surface area contributed by atoms with Gasteiger partial charge in [0.1, 0.15) is 6.61 Å². The van der Waals surface area contributed by atoms with Crippen LogP contribution in [0.3, 0.4) is 0 Å². The number of aliphatic hydroxyl groups excluding tert-OH is 1. The standard InChI is InChI=1S/C9H16F2N2O2/c10-9(11,7-14)6-12-8(15)13-4-2-1-3-5-13/h14H,1-7H2,(H,12,15). The first-order valence-corrected chi connectivity index (χ1v) is 5.07. The third kappa shape index (κ3) is 3.99. The molecule has 0 unspecified atom stereocenters. The van der Waals surface area contributed by atoms with Crippen LogP contribution < -0.4 is 5.32 Å². The molecule has 1 rings (SSSR count). The zero-order valence-electron chi connectivity index (χ0n) is 8.51. The second-order valence-electron chi connectivity index (χ2n) is 3.72. The highest BCUT2D eigenvalue weighted by atomic mass is 19.3. The zero-order chi connectivity index (χ0) is 11.3. The summed E-state index contributed by atoms with van der Waals surface area (Å²) in [6.45, 7) is -0.806. The number of carbonyl (C=O) groups excluding carboxylic acids is 1. The summed E-state index contributed by atoms with van der Waals surface area (Å²) in [7, 11) is 0. The number of alkyl halides is 2. The van der Waals surface area contributed by atoms with E-state index in [-0.39, 0.29) is 0 Å². The molecule has 88 valence electrons. The molecule has 1 heterocycles. The summed E-state index contributed by atoms with van der Waals surface area (Å²) in [6, 6.07) is -0.470.